The van der Waals surface area contributed by atoms with Crippen molar-refractivity contribution < 1.29 is 19.2 Å². The predicted octanol–water partition coefficient (Wildman–Crippen LogP) is 7.46. The van der Waals surface area contributed by atoms with Crippen LogP contribution in [0.2, 0.25) is 10.0 Å². The zero-order chi connectivity index (χ0) is 29.5. The molecule has 1 saturated carbocycles. The van der Waals surface area contributed by atoms with Crippen molar-refractivity contribution in [3.05, 3.63) is 79.8 Å². The van der Waals surface area contributed by atoms with Crippen LogP contribution in [-0.2, 0) is 9.59 Å². The highest BCUT2D eigenvalue weighted by Gasteiger charge is 2.88. The lowest BCUT2D eigenvalue weighted by molar-refractivity contribution is -0.157. The van der Waals surface area contributed by atoms with Gasteiger partial charge in [0.15, 0.2) is 10.1 Å². The summed E-state index contributed by atoms with van der Waals surface area (Å²) in [5.74, 6) is -6.38. The molecule has 14 heteroatoms. The third kappa shape index (κ3) is 3.77. The molecule has 2 fully saturated rings. The first-order valence-electron chi connectivity index (χ1n) is 11.7. The number of carbonyl (C=O) groups is 4. The quantitative estimate of drug-likeness (QED) is 0.178. The minimum Gasteiger partial charge on any atom is -0.292 e. The molecule has 0 radical (unpaired) electrons. The SMILES string of the molecule is CC[C@@H](C(=O)c1ccccc1)N(C(=O)c1ccc(Cl)c(Cl)c1)N1C(=O)[C@@H]2[C@H](C1=O)[C@@]1(Cl)C(Cl)=C(Cl)[C@@]2(Cl)C1(Cl)Cl. The number of hydrogen-bond acceptors (Lipinski definition) is 4. The van der Waals surface area contributed by atoms with Crippen LogP contribution in [0.15, 0.2) is 58.6 Å². The topological polar surface area (TPSA) is 74.8 Å². The molecule has 3 aliphatic rings. The number of hydrogen-bond donors (Lipinski definition) is 0. The van der Waals surface area contributed by atoms with Gasteiger partial charge in [-0.2, -0.15) is 5.01 Å². The van der Waals surface area contributed by atoms with Gasteiger partial charge in [-0.1, -0.05) is 107 Å². The number of ketones is 1. The van der Waals surface area contributed by atoms with Crippen LogP contribution >= 0.6 is 92.8 Å². The number of benzene rings is 2. The van der Waals surface area contributed by atoms with Crippen molar-refractivity contribution >= 4 is 116 Å². The Morgan fingerprint density at radius 3 is 1.82 bits per heavy atom. The number of amides is 3. The predicted molar refractivity (Wildman–Crippen MR) is 157 cm³/mol. The highest BCUT2D eigenvalue weighted by atomic mass is 35.5. The monoisotopic (exact) mass is 700 g/mol. The number of carbonyl (C=O) groups excluding carboxylic acids is 4. The largest absolute Gasteiger partial charge is 0.292 e. The minimum atomic E-state index is -2.16. The lowest BCUT2D eigenvalue weighted by atomic mass is 9.84. The molecule has 6 nitrogen and oxygen atoms in total. The lowest BCUT2D eigenvalue weighted by Gasteiger charge is -2.39. The first kappa shape index (κ1) is 30.2. The van der Waals surface area contributed by atoms with Crippen molar-refractivity contribution in [1.82, 2.24) is 10.0 Å². The van der Waals surface area contributed by atoms with Crippen LogP contribution in [0.3, 0.4) is 0 Å². The van der Waals surface area contributed by atoms with E-state index in [1.54, 1.807) is 37.3 Å². The molecule has 0 aromatic heterocycles. The fourth-order valence-corrected chi connectivity index (χ4v) is 8.82. The molecule has 1 heterocycles. The number of fused-ring (bicyclic) bond motifs is 5. The number of Topliss-reactive ketones (excluding diaryl/α,β-unsaturated/α-hetero) is 1. The van der Waals surface area contributed by atoms with Gasteiger partial charge in [-0.15, -0.1) is 23.2 Å². The summed E-state index contributed by atoms with van der Waals surface area (Å²) >= 11 is 51.8. The summed E-state index contributed by atoms with van der Waals surface area (Å²) < 4.78 is -2.16. The molecular weight excluding hydrogens is 688 g/mol. The normalized spacial score (nSPS) is 29.2. The Bertz CT molecular complexity index is 1470. The van der Waals surface area contributed by atoms with Gasteiger partial charge in [-0.3, -0.25) is 19.2 Å². The molecule has 5 rings (SSSR count). The third-order valence-corrected chi connectivity index (χ3v) is 12.5. The third-order valence-electron chi connectivity index (χ3n) is 7.52. The van der Waals surface area contributed by atoms with Gasteiger partial charge >= 0.3 is 0 Å². The zero-order valence-corrected chi connectivity index (χ0v) is 26.2. The summed E-state index contributed by atoms with van der Waals surface area (Å²) in [6, 6.07) is 10.8. The molecule has 2 bridgehead atoms. The first-order chi connectivity index (χ1) is 18.7. The Kier molecular flexibility index (Phi) is 7.71. The van der Waals surface area contributed by atoms with E-state index in [9.17, 15) is 19.2 Å². The maximum Gasteiger partial charge on any atom is 0.273 e. The first-order valence-corrected chi connectivity index (χ1v) is 14.8. The van der Waals surface area contributed by atoms with Crippen molar-refractivity contribution in [3.8, 4) is 0 Å². The van der Waals surface area contributed by atoms with Crippen molar-refractivity contribution in [2.45, 2.75) is 33.5 Å². The number of imide groups is 1. The zero-order valence-electron chi connectivity index (χ0n) is 20.1. The number of rotatable bonds is 6. The summed E-state index contributed by atoms with van der Waals surface area (Å²) in [5, 5.41) is 1.01. The van der Waals surface area contributed by atoms with Crippen molar-refractivity contribution in [2.24, 2.45) is 11.8 Å². The molecule has 5 atom stereocenters. The van der Waals surface area contributed by atoms with Gasteiger partial charge in [0.2, 0.25) is 0 Å². The molecule has 0 unspecified atom stereocenters. The Balaban J connectivity index is 1.67. The second kappa shape index (κ2) is 10.2. The van der Waals surface area contributed by atoms with E-state index in [-0.39, 0.29) is 37.7 Å². The summed E-state index contributed by atoms with van der Waals surface area (Å²) in [5.41, 5.74) is 0.199. The Morgan fingerprint density at radius 1 is 0.825 bits per heavy atom. The van der Waals surface area contributed by atoms with E-state index in [1.807, 2.05) is 0 Å². The number of nitrogens with zero attached hydrogens (tertiary/aromatic N) is 2. The Morgan fingerprint density at radius 2 is 1.35 bits per heavy atom. The number of hydrazine groups is 1. The van der Waals surface area contributed by atoms with Crippen molar-refractivity contribution in [3.63, 3.8) is 0 Å². The number of alkyl halides is 4. The molecular formula is C26H16Cl8N2O4. The van der Waals surface area contributed by atoms with Gasteiger partial charge in [-0.05, 0) is 24.6 Å². The Hall–Kier alpha value is -1.22. The highest BCUT2D eigenvalue weighted by Crippen LogP contribution is 2.77. The van der Waals surface area contributed by atoms with Crippen LogP contribution in [0.1, 0.15) is 34.1 Å². The maximum atomic E-state index is 14.1. The highest BCUT2D eigenvalue weighted by molar-refractivity contribution is 6.66. The molecule has 2 aromatic carbocycles. The van der Waals surface area contributed by atoms with Gasteiger partial charge in [0.25, 0.3) is 17.7 Å². The fraction of sp³-hybridized carbons (Fsp3) is 0.308. The summed E-state index contributed by atoms with van der Waals surface area (Å²) in [6.07, 6.45) is 0.0138. The van der Waals surface area contributed by atoms with Crippen LogP contribution in [0.25, 0.3) is 0 Å². The lowest BCUT2D eigenvalue weighted by Crippen LogP contribution is -2.60. The van der Waals surface area contributed by atoms with Crippen LogP contribution in [-0.4, -0.2) is 53.6 Å². The van der Waals surface area contributed by atoms with E-state index in [2.05, 4.69) is 0 Å². The van der Waals surface area contributed by atoms with Crippen molar-refractivity contribution in [1.29, 1.82) is 0 Å². The molecule has 3 amide bonds. The van der Waals surface area contributed by atoms with E-state index < -0.39 is 55.5 Å². The van der Waals surface area contributed by atoms with Gasteiger partial charge in [0, 0.05) is 11.1 Å². The molecule has 1 aliphatic heterocycles. The smallest absolute Gasteiger partial charge is 0.273 e. The second-order valence-electron chi connectivity index (χ2n) is 9.50. The average molecular weight is 704 g/mol. The molecule has 2 aromatic rings. The average Bonchev–Trinajstić information content (AvgIpc) is 3.31. The summed E-state index contributed by atoms with van der Waals surface area (Å²) in [4.78, 5) is 51.9. The maximum absolute atomic E-state index is 14.1. The van der Waals surface area contributed by atoms with E-state index in [0.29, 0.717) is 5.01 Å². The van der Waals surface area contributed by atoms with E-state index in [1.165, 1.54) is 18.2 Å². The van der Waals surface area contributed by atoms with E-state index in [0.717, 1.165) is 5.01 Å². The number of allylic oxidation sites excluding steroid dienone is 2. The van der Waals surface area contributed by atoms with Gasteiger partial charge < -0.3 is 0 Å². The van der Waals surface area contributed by atoms with Crippen molar-refractivity contribution in [2.75, 3.05) is 0 Å². The minimum absolute atomic E-state index is 0.0138. The van der Waals surface area contributed by atoms with E-state index in [4.69, 9.17) is 92.8 Å². The second-order valence-corrected chi connectivity index (χ2v) is 13.6. The van der Waals surface area contributed by atoms with Gasteiger partial charge in [0.1, 0.15) is 15.8 Å². The van der Waals surface area contributed by atoms with Crippen LogP contribution in [0, 0.1) is 11.8 Å². The standard InChI is InChI=1S/C26H16Cl8N2O4/c1-2-15(18(37)11-6-4-3-5-7-11)35(21(38)12-8-9-13(27)14(28)10-12)36-22(39)16-17(23(36)40)25(32)20(30)19(29)24(16,31)26(25,33)34/h3-10,15-17H,2H2,1H3/t15-,16-,17+,24+,25+/m0/s1. The van der Waals surface area contributed by atoms with Crippen LogP contribution < -0.4 is 0 Å². The molecule has 210 valence electrons. The van der Waals surface area contributed by atoms with Gasteiger partial charge in [0.05, 0.1) is 31.9 Å². The number of halogens is 8. The molecule has 2 aliphatic carbocycles. The summed E-state index contributed by atoms with van der Waals surface area (Å²) in [6.45, 7) is 1.63. The molecule has 40 heavy (non-hydrogen) atoms. The Labute approximate surface area is 268 Å². The van der Waals surface area contributed by atoms with Crippen LogP contribution in [0.4, 0.5) is 0 Å². The molecule has 0 N–H and O–H groups in total. The fourth-order valence-electron chi connectivity index (χ4n) is 5.59. The van der Waals surface area contributed by atoms with Gasteiger partial charge in [-0.25, -0.2) is 5.01 Å². The summed E-state index contributed by atoms with van der Waals surface area (Å²) in [7, 11) is 0. The van der Waals surface area contributed by atoms with E-state index >= 15 is 0 Å². The molecule has 0 spiro atoms. The molecule has 1 saturated heterocycles. The van der Waals surface area contributed by atoms with Crippen LogP contribution in [0.5, 0.6) is 0 Å².